The zero-order chi connectivity index (χ0) is 18.8. The van der Waals surface area contributed by atoms with Crippen LogP contribution >= 0.6 is 11.3 Å². The molecule has 1 heterocycles. The van der Waals surface area contributed by atoms with Crippen LogP contribution in [-0.2, 0) is 20.9 Å². The van der Waals surface area contributed by atoms with E-state index in [0.717, 1.165) is 47.8 Å². The van der Waals surface area contributed by atoms with E-state index in [-0.39, 0.29) is 11.9 Å². The number of methoxy groups -OCH3 is 1. The van der Waals surface area contributed by atoms with Crippen LogP contribution in [0.3, 0.4) is 0 Å². The Bertz CT molecular complexity index is 713. The lowest BCUT2D eigenvalue weighted by Crippen LogP contribution is -2.18. The van der Waals surface area contributed by atoms with E-state index in [1.165, 1.54) is 14.0 Å². The van der Waals surface area contributed by atoms with Crippen LogP contribution < -0.4 is 10.6 Å². The van der Waals surface area contributed by atoms with E-state index in [4.69, 9.17) is 0 Å². The van der Waals surface area contributed by atoms with E-state index in [1.807, 2.05) is 29.6 Å². The molecule has 0 saturated heterocycles. The highest BCUT2D eigenvalue weighted by atomic mass is 32.1. The van der Waals surface area contributed by atoms with Crippen LogP contribution in [0.2, 0.25) is 0 Å². The summed E-state index contributed by atoms with van der Waals surface area (Å²) in [5.41, 5.74) is 3.05. The third kappa shape index (κ3) is 6.84. The van der Waals surface area contributed by atoms with Gasteiger partial charge in [-0.05, 0) is 18.4 Å². The Balaban J connectivity index is 1.75. The number of hydrogen-bond acceptors (Lipinski definition) is 6. The molecule has 0 unspecified atom stereocenters. The highest BCUT2D eigenvalue weighted by Crippen LogP contribution is 2.25. The average Bonchev–Trinajstić information content (AvgIpc) is 3.12. The summed E-state index contributed by atoms with van der Waals surface area (Å²) in [6.07, 6.45) is 3.30. The molecule has 0 atom stereocenters. The third-order valence-corrected chi connectivity index (χ3v) is 4.66. The number of aromatic nitrogens is 1. The molecule has 2 aromatic rings. The first kappa shape index (κ1) is 19.9. The Labute approximate surface area is 158 Å². The lowest BCUT2D eigenvalue weighted by molar-refractivity contribution is -0.140. The van der Waals surface area contributed by atoms with Crippen molar-refractivity contribution in [2.24, 2.45) is 0 Å². The van der Waals surface area contributed by atoms with Crippen molar-refractivity contribution in [2.45, 2.75) is 39.2 Å². The van der Waals surface area contributed by atoms with E-state index in [0.29, 0.717) is 13.0 Å². The standard InChI is InChI=1S/C19H25N3O3S/c1-14(23)21-12-15-7-9-16(10-8-15)17-13-26-19(22-17)20-11-5-3-4-6-18(24)25-2/h7-10,13H,3-6,11-12H2,1-2H3,(H,20,22)(H,21,23). The molecule has 7 heteroatoms. The van der Waals surface area contributed by atoms with Crippen LogP contribution in [0.25, 0.3) is 11.3 Å². The molecule has 6 nitrogen and oxygen atoms in total. The number of benzene rings is 1. The van der Waals surface area contributed by atoms with Gasteiger partial charge in [0.2, 0.25) is 5.91 Å². The molecule has 0 fully saturated rings. The van der Waals surface area contributed by atoms with Gasteiger partial charge in [-0.1, -0.05) is 30.7 Å². The monoisotopic (exact) mass is 375 g/mol. The van der Waals surface area contributed by atoms with Gasteiger partial charge in [-0.25, -0.2) is 4.98 Å². The molecule has 26 heavy (non-hydrogen) atoms. The fourth-order valence-electron chi connectivity index (χ4n) is 2.38. The Morgan fingerprint density at radius 3 is 2.62 bits per heavy atom. The maximum absolute atomic E-state index is 11.0. The van der Waals surface area contributed by atoms with Gasteiger partial charge in [0.25, 0.3) is 0 Å². The van der Waals surface area contributed by atoms with Crippen molar-refractivity contribution in [1.82, 2.24) is 10.3 Å². The molecule has 0 bridgehead atoms. The van der Waals surface area contributed by atoms with Crippen LogP contribution in [0.15, 0.2) is 29.6 Å². The normalized spacial score (nSPS) is 10.4. The summed E-state index contributed by atoms with van der Waals surface area (Å²) >= 11 is 1.58. The van der Waals surface area contributed by atoms with Crippen LogP contribution in [0.5, 0.6) is 0 Å². The lowest BCUT2D eigenvalue weighted by Gasteiger charge is -2.04. The SMILES string of the molecule is COC(=O)CCCCCNc1nc(-c2ccc(CNC(C)=O)cc2)cs1. The number of esters is 1. The van der Waals surface area contributed by atoms with Crippen molar-refractivity contribution in [2.75, 3.05) is 19.0 Å². The molecular weight excluding hydrogens is 350 g/mol. The second-order valence-electron chi connectivity index (χ2n) is 5.96. The molecule has 0 radical (unpaired) electrons. The van der Waals surface area contributed by atoms with Crippen molar-refractivity contribution in [3.63, 3.8) is 0 Å². The number of nitrogens with zero attached hydrogens (tertiary/aromatic N) is 1. The van der Waals surface area contributed by atoms with Gasteiger partial charge in [0.1, 0.15) is 0 Å². The molecule has 2 N–H and O–H groups in total. The quantitative estimate of drug-likeness (QED) is 0.490. The highest BCUT2D eigenvalue weighted by Gasteiger charge is 2.05. The summed E-state index contributed by atoms with van der Waals surface area (Å²) in [5.74, 6) is -0.180. The summed E-state index contributed by atoms with van der Waals surface area (Å²) in [5, 5.41) is 9.04. The van der Waals surface area contributed by atoms with E-state index in [1.54, 1.807) is 11.3 Å². The number of hydrogen-bond donors (Lipinski definition) is 2. The molecule has 140 valence electrons. The van der Waals surface area contributed by atoms with Gasteiger partial charge < -0.3 is 15.4 Å². The fourth-order valence-corrected chi connectivity index (χ4v) is 3.12. The number of ether oxygens (including phenoxy) is 1. The van der Waals surface area contributed by atoms with Gasteiger partial charge in [-0.2, -0.15) is 0 Å². The largest absolute Gasteiger partial charge is 0.469 e. The number of amides is 1. The van der Waals surface area contributed by atoms with Gasteiger partial charge in [0.15, 0.2) is 5.13 Å². The van der Waals surface area contributed by atoms with Crippen molar-refractivity contribution in [3.05, 3.63) is 35.2 Å². The van der Waals surface area contributed by atoms with Crippen LogP contribution in [0.1, 0.15) is 38.2 Å². The van der Waals surface area contributed by atoms with Crippen LogP contribution in [0, 0.1) is 0 Å². The minimum atomic E-state index is -0.148. The Morgan fingerprint density at radius 2 is 1.92 bits per heavy atom. The Morgan fingerprint density at radius 1 is 1.15 bits per heavy atom. The lowest BCUT2D eigenvalue weighted by atomic mass is 10.1. The maximum atomic E-state index is 11.0. The smallest absolute Gasteiger partial charge is 0.305 e. The average molecular weight is 375 g/mol. The summed E-state index contributed by atoms with van der Waals surface area (Å²) in [6, 6.07) is 8.03. The molecule has 1 amide bonds. The molecule has 1 aromatic carbocycles. The van der Waals surface area contributed by atoms with Gasteiger partial charge in [-0.3, -0.25) is 9.59 Å². The number of anilines is 1. The summed E-state index contributed by atoms with van der Waals surface area (Å²) in [6.45, 7) is 2.89. The Hall–Kier alpha value is -2.41. The summed E-state index contributed by atoms with van der Waals surface area (Å²) in [4.78, 5) is 26.6. The molecule has 0 aliphatic rings. The number of unbranched alkanes of at least 4 members (excludes halogenated alkanes) is 2. The predicted octanol–water partition coefficient (Wildman–Crippen LogP) is 3.59. The number of carbonyl (C=O) groups excluding carboxylic acids is 2. The summed E-state index contributed by atoms with van der Waals surface area (Å²) in [7, 11) is 1.42. The minimum Gasteiger partial charge on any atom is -0.469 e. The molecule has 0 saturated carbocycles. The molecule has 0 spiro atoms. The van der Waals surface area contributed by atoms with Gasteiger partial charge >= 0.3 is 5.97 Å². The first-order valence-electron chi connectivity index (χ1n) is 8.68. The van der Waals surface area contributed by atoms with Crippen LogP contribution in [-0.4, -0.2) is 30.5 Å². The molecular formula is C19H25N3O3S. The molecule has 0 aliphatic heterocycles. The van der Waals surface area contributed by atoms with Gasteiger partial charge in [0.05, 0.1) is 12.8 Å². The topological polar surface area (TPSA) is 80.3 Å². The van der Waals surface area contributed by atoms with Crippen molar-refractivity contribution in [3.8, 4) is 11.3 Å². The van der Waals surface area contributed by atoms with E-state index >= 15 is 0 Å². The highest BCUT2D eigenvalue weighted by molar-refractivity contribution is 7.14. The first-order chi connectivity index (χ1) is 12.6. The minimum absolute atomic E-state index is 0.0328. The first-order valence-corrected chi connectivity index (χ1v) is 9.56. The molecule has 0 aliphatic carbocycles. The second-order valence-corrected chi connectivity index (χ2v) is 6.82. The van der Waals surface area contributed by atoms with Gasteiger partial charge in [-0.15, -0.1) is 11.3 Å². The maximum Gasteiger partial charge on any atom is 0.305 e. The van der Waals surface area contributed by atoms with Crippen molar-refractivity contribution < 1.29 is 14.3 Å². The van der Waals surface area contributed by atoms with Crippen molar-refractivity contribution in [1.29, 1.82) is 0 Å². The number of thiazole rings is 1. The molecule has 1 aromatic heterocycles. The number of nitrogens with one attached hydrogen (secondary N) is 2. The zero-order valence-electron chi connectivity index (χ0n) is 15.2. The van der Waals surface area contributed by atoms with E-state index in [9.17, 15) is 9.59 Å². The second kappa shape index (κ2) is 10.6. The third-order valence-electron chi connectivity index (χ3n) is 3.86. The predicted molar refractivity (Wildman–Crippen MR) is 104 cm³/mol. The fraction of sp³-hybridized carbons (Fsp3) is 0.421. The van der Waals surface area contributed by atoms with E-state index < -0.39 is 0 Å². The van der Waals surface area contributed by atoms with Gasteiger partial charge in [0, 0.05) is 37.4 Å². The molecule has 2 rings (SSSR count). The zero-order valence-corrected chi connectivity index (χ0v) is 16.0. The van der Waals surface area contributed by atoms with E-state index in [2.05, 4.69) is 20.4 Å². The van der Waals surface area contributed by atoms with Crippen LogP contribution in [0.4, 0.5) is 5.13 Å². The number of rotatable bonds is 10. The van der Waals surface area contributed by atoms with Crippen molar-refractivity contribution >= 4 is 28.3 Å². The summed E-state index contributed by atoms with van der Waals surface area (Å²) < 4.78 is 4.62. The Kier molecular flexibility index (Phi) is 8.08. The number of carbonyl (C=O) groups is 2.